The third kappa shape index (κ3) is 9.81. The third-order valence-electron chi connectivity index (χ3n) is 2.76. The Morgan fingerprint density at radius 1 is 1.17 bits per heavy atom. The number of aliphatic carboxylic acids is 1. The molecule has 12 nitrogen and oxygen atoms in total. The van der Waals surface area contributed by atoms with E-state index in [9.17, 15) is 19.2 Å². The number of unbranched alkanes of at least 4 members (excludes halogenated alkanes) is 1. The van der Waals surface area contributed by atoms with E-state index in [0.29, 0.717) is 19.4 Å². The van der Waals surface area contributed by atoms with Gasteiger partial charge in [0.15, 0.2) is 5.96 Å². The van der Waals surface area contributed by atoms with Crippen LogP contribution in [-0.4, -0.2) is 59.5 Å². The van der Waals surface area contributed by atoms with Crippen molar-refractivity contribution in [2.75, 3.05) is 13.6 Å². The van der Waals surface area contributed by atoms with Crippen molar-refractivity contribution in [2.24, 2.45) is 22.2 Å². The van der Waals surface area contributed by atoms with E-state index in [1.54, 1.807) is 0 Å². The zero-order chi connectivity index (χ0) is 18.7. The molecule has 0 spiro atoms. The van der Waals surface area contributed by atoms with Crippen molar-refractivity contribution in [3.63, 3.8) is 0 Å². The number of carbonyl (C=O) groups excluding carboxylic acids is 3. The number of primary amides is 1. The van der Waals surface area contributed by atoms with E-state index >= 15 is 0 Å². The maximum atomic E-state index is 11.8. The van der Waals surface area contributed by atoms with Gasteiger partial charge >= 0.3 is 12.0 Å². The summed E-state index contributed by atoms with van der Waals surface area (Å²) >= 11 is 0. The highest BCUT2D eigenvalue weighted by Crippen LogP contribution is 1.99. The van der Waals surface area contributed by atoms with Crippen molar-refractivity contribution in [1.29, 1.82) is 0 Å². The largest absolute Gasteiger partial charge is 0.481 e. The van der Waals surface area contributed by atoms with Gasteiger partial charge in [-0.25, -0.2) is 10.2 Å². The van der Waals surface area contributed by atoms with Crippen molar-refractivity contribution in [3.8, 4) is 0 Å². The smallest absolute Gasteiger partial charge is 0.334 e. The Kier molecular flexibility index (Phi) is 9.29. The van der Waals surface area contributed by atoms with Crippen molar-refractivity contribution in [1.82, 2.24) is 15.8 Å². The van der Waals surface area contributed by atoms with Crippen molar-refractivity contribution in [3.05, 3.63) is 0 Å². The lowest BCUT2D eigenvalue weighted by Gasteiger charge is -2.20. The highest BCUT2D eigenvalue weighted by molar-refractivity contribution is 5.89. The molecule has 12 heteroatoms. The molecule has 0 aromatic carbocycles. The molecule has 4 amide bonds. The number of amides is 4. The SMILES string of the molecule is CN(NC(=O)N[C@@H](CC(=O)O)C(N)=O)C(=O)CCCCN=C(N)N. The minimum Gasteiger partial charge on any atom is -0.481 e. The Morgan fingerprint density at radius 3 is 2.29 bits per heavy atom. The molecule has 24 heavy (non-hydrogen) atoms. The van der Waals surface area contributed by atoms with Crippen molar-refractivity contribution >= 4 is 29.8 Å². The number of hydrogen-bond donors (Lipinski definition) is 6. The summed E-state index contributed by atoms with van der Waals surface area (Å²) in [6, 6.07) is -2.30. The maximum absolute atomic E-state index is 11.8. The predicted octanol–water partition coefficient (Wildman–Crippen LogP) is -2.57. The Hall–Kier alpha value is -3.05. The number of nitrogens with two attached hydrogens (primary N) is 3. The lowest BCUT2D eigenvalue weighted by molar-refractivity contribution is -0.139. The van der Waals surface area contributed by atoms with E-state index in [0.717, 1.165) is 5.01 Å². The molecule has 9 N–H and O–H groups in total. The average Bonchev–Trinajstić information content (AvgIpc) is 2.44. The van der Waals surface area contributed by atoms with E-state index < -0.39 is 30.4 Å². The van der Waals surface area contributed by atoms with Crippen LogP contribution in [0.3, 0.4) is 0 Å². The van der Waals surface area contributed by atoms with E-state index in [1.807, 2.05) is 0 Å². The number of hydrazine groups is 1. The minimum absolute atomic E-state index is 0.0258. The number of carbonyl (C=O) groups is 4. The van der Waals surface area contributed by atoms with Gasteiger partial charge in [-0.2, -0.15) is 0 Å². The van der Waals surface area contributed by atoms with E-state index in [-0.39, 0.29) is 18.3 Å². The molecule has 0 aliphatic heterocycles. The molecule has 0 fully saturated rings. The lowest BCUT2D eigenvalue weighted by atomic mass is 10.2. The first-order chi connectivity index (χ1) is 11.1. The first-order valence-corrected chi connectivity index (χ1v) is 7.03. The molecule has 0 aromatic heterocycles. The fourth-order valence-electron chi connectivity index (χ4n) is 1.57. The van der Waals surface area contributed by atoms with Gasteiger partial charge < -0.3 is 27.6 Å². The maximum Gasteiger partial charge on any atom is 0.334 e. The first-order valence-electron chi connectivity index (χ1n) is 7.03. The van der Waals surface area contributed by atoms with Crippen LogP contribution >= 0.6 is 0 Å². The molecule has 0 heterocycles. The normalized spacial score (nSPS) is 11.0. The molecule has 136 valence electrons. The highest BCUT2D eigenvalue weighted by Gasteiger charge is 2.22. The number of carboxylic acids is 1. The van der Waals surface area contributed by atoms with Crippen LogP contribution in [0.25, 0.3) is 0 Å². The van der Waals surface area contributed by atoms with Gasteiger partial charge in [-0.3, -0.25) is 24.4 Å². The fraction of sp³-hybridized carbons (Fsp3) is 0.583. The van der Waals surface area contributed by atoms with Crippen molar-refractivity contribution < 1.29 is 24.3 Å². The summed E-state index contributed by atoms with van der Waals surface area (Å²) in [5.74, 6) is -2.71. The molecule has 0 aliphatic carbocycles. The van der Waals surface area contributed by atoms with Gasteiger partial charge in [-0.05, 0) is 12.8 Å². The van der Waals surface area contributed by atoms with Gasteiger partial charge in [0, 0.05) is 20.0 Å². The van der Waals surface area contributed by atoms with Crippen LogP contribution in [0.4, 0.5) is 4.79 Å². The van der Waals surface area contributed by atoms with Gasteiger partial charge in [0.2, 0.25) is 11.8 Å². The molecule has 0 saturated heterocycles. The molecule has 1 atom stereocenters. The third-order valence-corrected chi connectivity index (χ3v) is 2.76. The number of nitrogens with zero attached hydrogens (tertiary/aromatic N) is 2. The van der Waals surface area contributed by atoms with Crippen LogP contribution < -0.4 is 27.9 Å². The van der Waals surface area contributed by atoms with Crippen LogP contribution in [0, 0.1) is 0 Å². The van der Waals surface area contributed by atoms with Gasteiger partial charge in [0.25, 0.3) is 0 Å². The monoisotopic (exact) mass is 345 g/mol. The summed E-state index contributed by atoms with van der Waals surface area (Å²) in [5.41, 5.74) is 17.5. The summed E-state index contributed by atoms with van der Waals surface area (Å²) in [5, 5.41) is 11.6. The Labute approximate surface area is 138 Å². The number of aliphatic imine (C=N–C) groups is 1. The van der Waals surface area contributed by atoms with Gasteiger partial charge in [0.05, 0.1) is 6.42 Å². The Morgan fingerprint density at radius 2 is 1.79 bits per heavy atom. The van der Waals surface area contributed by atoms with E-state index in [1.165, 1.54) is 7.05 Å². The van der Waals surface area contributed by atoms with Crippen LogP contribution in [-0.2, 0) is 14.4 Å². The standard InChI is InChI=1S/C12H23N7O5/c1-19(8(20)4-2-3-5-16-11(14)15)18-12(24)17-7(10(13)23)6-9(21)22/h7H,2-6H2,1H3,(H2,13,23)(H,21,22)(H4,14,15,16)(H2,17,18,24)/t7-/m0/s1. The molecule has 0 rings (SSSR count). The highest BCUT2D eigenvalue weighted by atomic mass is 16.4. The molecule has 0 bridgehead atoms. The van der Waals surface area contributed by atoms with E-state index in [4.69, 9.17) is 22.3 Å². The molecule has 0 aliphatic rings. The fourth-order valence-corrected chi connectivity index (χ4v) is 1.57. The molecular formula is C12H23N7O5. The second-order valence-corrected chi connectivity index (χ2v) is 4.85. The number of carboxylic acid groups (broad SMARTS) is 1. The lowest BCUT2D eigenvalue weighted by Crippen LogP contribution is -2.54. The summed E-state index contributed by atoms with van der Waals surface area (Å²) in [7, 11) is 1.31. The molecule has 0 saturated carbocycles. The second-order valence-electron chi connectivity index (χ2n) is 4.85. The number of guanidine groups is 1. The zero-order valence-corrected chi connectivity index (χ0v) is 13.3. The molecular weight excluding hydrogens is 322 g/mol. The van der Waals surface area contributed by atoms with Gasteiger partial charge in [-0.1, -0.05) is 0 Å². The summed E-state index contributed by atoms with van der Waals surface area (Å²) in [6.07, 6.45) is 0.578. The van der Waals surface area contributed by atoms with Crippen LogP contribution in [0.2, 0.25) is 0 Å². The van der Waals surface area contributed by atoms with Crippen LogP contribution in [0.15, 0.2) is 4.99 Å². The van der Waals surface area contributed by atoms with Crippen LogP contribution in [0.1, 0.15) is 25.7 Å². The second kappa shape index (κ2) is 10.6. The topological polar surface area (TPSA) is 206 Å². The van der Waals surface area contributed by atoms with Gasteiger partial charge in [-0.15, -0.1) is 0 Å². The number of rotatable bonds is 9. The average molecular weight is 345 g/mol. The van der Waals surface area contributed by atoms with Crippen LogP contribution in [0.5, 0.6) is 0 Å². The summed E-state index contributed by atoms with van der Waals surface area (Å²) in [4.78, 5) is 48.8. The number of nitrogens with one attached hydrogen (secondary N) is 2. The Bertz CT molecular complexity index is 504. The zero-order valence-electron chi connectivity index (χ0n) is 13.3. The first kappa shape index (κ1) is 20.9. The summed E-state index contributed by atoms with van der Waals surface area (Å²) < 4.78 is 0. The van der Waals surface area contributed by atoms with E-state index in [2.05, 4.69) is 15.7 Å². The number of urea groups is 1. The molecule has 0 aromatic rings. The predicted molar refractivity (Wildman–Crippen MR) is 84.2 cm³/mol. The van der Waals surface area contributed by atoms with Gasteiger partial charge in [0.1, 0.15) is 6.04 Å². The molecule has 0 radical (unpaired) electrons. The number of hydrogen-bond acceptors (Lipinski definition) is 5. The molecule has 0 unspecified atom stereocenters. The minimum atomic E-state index is -1.38. The Balaban J connectivity index is 4.23. The quantitative estimate of drug-likeness (QED) is 0.114. The van der Waals surface area contributed by atoms with Crippen molar-refractivity contribution in [2.45, 2.75) is 31.7 Å². The summed E-state index contributed by atoms with van der Waals surface area (Å²) in [6.45, 7) is 0.392.